The zero-order valence-corrected chi connectivity index (χ0v) is 12.9. The van der Waals surface area contributed by atoms with Crippen LogP contribution in [-0.4, -0.2) is 57.7 Å². The zero-order valence-electron chi connectivity index (χ0n) is 12.2. The number of nitrogens with zero attached hydrogens (tertiary/aromatic N) is 5. The molecule has 0 aliphatic rings. The second kappa shape index (κ2) is 6.84. The minimum atomic E-state index is -0.986. The third-order valence-electron chi connectivity index (χ3n) is 3.00. The maximum atomic E-state index is 10.5. The van der Waals surface area contributed by atoms with E-state index in [2.05, 4.69) is 15.3 Å². The van der Waals surface area contributed by atoms with Gasteiger partial charge in [0.25, 0.3) is 0 Å². The molecule has 21 heavy (non-hydrogen) atoms. The number of halogens is 1. The molecule has 7 nitrogen and oxygen atoms in total. The van der Waals surface area contributed by atoms with Gasteiger partial charge in [0.2, 0.25) is 5.88 Å². The molecule has 2 heterocycles. The van der Waals surface area contributed by atoms with E-state index >= 15 is 0 Å². The maximum absolute atomic E-state index is 10.5. The fourth-order valence-electron chi connectivity index (χ4n) is 1.84. The standard InChI is InChI=1S/C13H18ClN5O2/c1-18(2)6-7-19-12(9(14)8-15-19)13(20)10-4-5-11(21-3)17-16-10/h4-5,8,13,20H,6-7H2,1-3H3. The molecule has 2 rings (SSSR count). The summed E-state index contributed by atoms with van der Waals surface area (Å²) < 4.78 is 6.63. The Morgan fingerprint density at radius 2 is 2.14 bits per heavy atom. The summed E-state index contributed by atoms with van der Waals surface area (Å²) in [7, 11) is 5.44. The van der Waals surface area contributed by atoms with E-state index < -0.39 is 6.10 Å². The van der Waals surface area contributed by atoms with Crippen LogP contribution in [0, 0.1) is 0 Å². The number of aliphatic hydroxyl groups is 1. The van der Waals surface area contributed by atoms with E-state index in [0.29, 0.717) is 28.8 Å². The molecule has 0 aliphatic heterocycles. The Bertz CT molecular complexity index is 585. The molecule has 0 saturated carbocycles. The first-order valence-corrected chi connectivity index (χ1v) is 6.82. The molecule has 1 atom stereocenters. The minimum Gasteiger partial charge on any atom is -0.480 e. The van der Waals surface area contributed by atoms with Crippen molar-refractivity contribution in [3.63, 3.8) is 0 Å². The Labute approximate surface area is 128 Å². The van der Waals surface area contributed by atoms with Crippen molar-refractivity contribution in [3.8, 4) is 5.88 Å². The highest BCUT2D eigenvalue weighted by molar-refractivity contribution is 6.31. The molecule has 8 heteroatoms. The predicted molar refractivity (Wildman–Crippen MR) is 78.4 cm³/mol. The van der Waals surface area contributed by atoms with Crippen LogP contribution >= 0.6 is 11.6 Å². The number of aromatic nitrogens is 4. The lowest BCUT2D eigenvalue weighted by Gasteiger charge is -2.15. The maximum Gasteiger partial charge on any atom is 0.233 e. The van der Waals surface area contributed by atoms with Crippen LogP contribution in [0.15, 0.2) is 18.3 Å². The lowest BCUT2D eigenvalue weighted by atomic mass is 10.2. The van der Waals surface area contributed by atoms with Gasteiger partial charge in [0.1, 0.15) is 6.10 Å². The number of hydrogen-bond donors (Lipinski definition) is 1. The van der Waals surface area contributed by atoms with Gasteiger partial charge in [0.05, 0.1) is 36.3 Å². The molecule has 114 valence electrons. The van der Waals surface area contributed by atoms with Crippen molar-refractivity contribution in [1.82, 2.24) is 24.9 Å². The molecule has 0 fully saturated rings. The summed E-state index contributed by atoms with van der Waals surface area (Å²) >= 11 is 6.13. The first kappa shape index (κ1) is 15.7. The first-order chi connectivity index (χ1) is 10.0. The van der Waals surface area contributed by atoms with Crippen molar-refractivity contribution in [3.05, 3.63) is 34.7 Å². The summed E-state index contributed by atoms with van der Waals surface area (Å²) in [5, 5.41) is 22.9. The fourth-order valence-corrected chi connectivity index (χ4v) is 2.09. The Morgan fingerprint density at radius 3 is 2.71 bits per heavy atom. The minimum absolute atomic E-state index is 0.387. The Balaban J connectivity index is 2.24. The van der Waals surface area contributed by atoms with Gasteiger partial charge in [-0.15, -0.1) is 10.2 Å². The van der Waals surface area contributed by atoms with E-state index in [4.69, 9.17) is 16.3 Å². The number of methoxy groups -OCH3 is 1. The van der Waals surface area contributed by atoms with Crippen LogP contribution in [0.2, 0.25) is 5.02 Å². The highest BCUT2D eigenvalue weighted by Crippen LogP contribution is 2.27. The van der Waals surface area contributed by atoms with Crippen molar-refractivity contribution < 1.29 is 9.84 Å². The first-order valence-electron chi connectivity index (χ1n) is 6.44. The largest absolute Gasteiger partial charge is 0.480 e. The third kappa shape index (κ3) is 3.69. The van der Waals surface area contributed by atoms with E-state index in [1.807, 2.05) is 19.0 Å². The number of hydrogen-bond acceptors (Lipinski definition) is 6. The molecule has 0 radical (unpaired) electrons. The zero-order chi connectivity index (χ0) is 15.4. The Kier molecular flexibility index (Phi) is 5.11. The van der Waals surface area contributed by atoms with Crippen molar-refractivity contribution >= 4 is 11.6 Å². The van der Waals surface area contributed by atoms with Crippen LogP contribution in [0.5, 0.6) is 5.88 Å². The molecular weight excluding hydrogens is 294 g/mol. The van der Waals surface area contributed by atoms with Gasteiger partial charge in [-0.3, -0.25) is 4.68 Å². The smallest absolute Gasteiger partial charge is 0.233 e. The molecule has 2 aromatic rings. The molecule has 0 bridgehead atoms. The second-order valence-corrected chi connectivity index (χ2v) is 5.21. The average molecular weight is 312 g/mol. The van der Waals surface area contributed by atoms with Gasteiger partial charge in [-0.25, -0.2) is 0 Å². The molecule has 0 aliphatic carbocycles. The van der Waals surface area contributed by atoms with E-state index in [0.717, 1.165) is 6.54 Å². The molecule has 0 amide bonds. The highest BCUT2D eigenvalue weighted by atomic mass is 35.5. The van der Waals surface area contributed by atoms with Gasteiger partial charge in [0.15, 0.2) is 0 Å². The lowest BCUT2D eigenvalue weighted by Crippen LogP contribution is -2.21. The quantitative estimate of drug-likeness (QED) is 0.857. The van der Waals surface area contributed by atoms with Gasteiger partial charge in [-0.05, 0) is 20.2 Å². The number of rotatable bonds is 6. The van der Waals surface area contributed by atoms with Crippen LogP contribution in [0.1, 0.15) is 17.5 Å². The molecule has 0 aromatic carbocycles. The average Bonchev–Trinajstić information content (AvgIpc) is 2.85. The van der Waals surface area contributed by atoms with Gasteiger partial charge < -0.3 is 14.7 Å². The number of ether oxygens (including phenoxy) is 1. The van der Waals surface area contributed by atoms with Crippen LogP contribution < -0.4 is 4.74 Å². The summed E-state index contributed by atoms with van der Waals surface area (Å²) in [4.78, 5) is 2.03. The summed E-state index contributed by atoms with van der Waals surface area (Å²) in [6.45, 7) is 1.40. The number of likely N-dealkylation sites (N-methyl/N-ethyl adjacent to an activating group) is 1. The number of aliphatic hydroxyl groups excluding tert-OH is 1. The fraction of sp³-hybridized carbons (Fsp3) is 0.462. The van der Waals surface area contributed by atoms with E-state index in [-0.39, 0.29) is 0 Å². The molecule has 2 aromatic heterocycles. The summed E-state index contributed by atoms with van der Waals surface area (Å²) in [6, 6.07) is 3.29. The van der Waals surface area contributed by atoms with Gasteiger partial charge in [-0.2, -0.15) is 5.10 Å². The van der Waals surface area contributed by atoms with Crippen LogP contribution in [-0.2, 0) is 6.54 Å². The Morgan fingerprint density at radius 1 is 1.38 bits per heavy atom. The Hall–Kier alpha value is -1.70. The molecule has 0 saturated heterocycles. The topological polar surface area (TPSA) is 76.3 Å². The van der Waals surface area contributed by atoms with Crippen LogP contribution in [0.4, 0.5) is 0 Å². The summed E-state index contributed by atoms with van der Waals surface area (Å²) in [5.74, 6) is 0.387. The predicted octanol–water partition coefficient (Wildman–Crippen LogP) is 0.978. The van der Waals surface area contributed by atoms with Crippen molar-refractivity contribution in [1.29, 1.82) is 0 Å². The monoisotopic (exact) mass is 311 g/mol. The van der Waals surface area contributed by atoms with Gasteiger partial charge in [0, 0.05) is 12.6 Å². The van der Waals surface area contributed by atoms with Crippen molar-refractivity contribution in [2.24, 2.45) is 0 Å². The normalized spacial score (nSPS) is 12.7. The lowest BCUT2D eigenvalue weighted by molar-refractivity contribution is 0.199. The second-order valence-electron chi connectivity index (χ2n) is 4.81. The highest BCUT2D eigenvalue weighted by Gasteiger charge is 2.21. The summed E-state index contributed by atoms with van der Waals surface area (Å²) in [6.07, 6.45) is 0.535. The molecular formula is C13H18ClN5O2. The van der Waals surface area contributed by atoms with Gasteiger partial charge >= 0.3 is 0 Å². The van der Waals surface area contributed by atoms with Crippen molar-refractivity contribution in [2.75, 3.05) is 27.7 Å². The van der Waals surface area contributed by atoms with Crippen LogP contribution in [0.3, 0.4) is 0 Å². The summed E-state index contributed by atoms with van der Waals surface area (Å²) in [5.41, 5.74) is 0.905. The van der Waals surface area contributed by atoms with Crippen LogP contribution in [0.25, 0.3) is 0 Å². The van der Waals surface area contributed by atoms with Crippen molar-refractivity contribution in [2.45, 2.75) is 12.6 Å². The third-order valence-corrected chi connectivity index (χ3v) is 3.29. The molecule has 1 unspecified atom stereocenters. The van der Waals surface area contributed by atoms with Gasteiger partial charge in [-0.1, -0.05) is 11.6 Å². The van der Waals surface area contributed by atoms with E-state index in [1.54, 1.807) is 16.8 Å². The molecule has 1 N–H and O–H groups in total. The SMILES string of the molecule is COc1ccc(C(O)c2c(Cl)cnn2CCN(C)C)nn1. The van der Waals surface area contributed by atoms with E-state index in [9.17, 15) is 5.11 Å². The molecule has 0 spiro atoms. The van der Waals surface area contributed by atoms with E-state index in [1.165, 1.54) is 13.3 Å².